The van der Waals surface area contributed by atoms with Crippen LogP contribution in [0.1, 0.15) is 30.1 Å². The van der Waals surface area contributed by atoms with Gasteiger partial charge in [0.25, 0.3) is 5.91 Å². The van der Waals surface area contributed by atoms with Crippen LogP contribution in [0.25, 0.3) is 0 Å². The van der Waals surface area contributed by atoms with Crippen LogP contribution in [-0.2, 0) is 0 Å². The molecule has 20 heavy (non-hydrogen) atoms. The Morgan fingerprint density at radius 3 is 2.50 bits per heavy atom. The van der Waals surface area contributed by atoms with E-state index in [1.807, 2.05) is 0 Å². The van der Waals surface area contributed by atoms with Gasteiger partial charge in [0.1, 0.15) is 17.2 Å². The Labute approximate surface area is 125 Å². The molecule has 0 aromatic heterocycles. The summed E-state index contributed by atoms with van der Waals surface area (Å²) in [6.07, 6.45) is 2.38. The molecule has 110 valence electrons. The lowest BCUT2D eigenvalue weighted by Gasteiger charge is -2.19. The van der Waals surface area contributed by atoms with Crippen LogP contribution >= 0.6 is 15.9 Å². The molecule has 0 saturated heterocycles. The first-order valence-electron chi connectivity index (χ1n) is 6.69. The number of hydrogen-bond donors (Lipinski definition) is 1. The van der Waals surface area contributed by atoms with E-state index in [2.05, 4.69) is 33.1 Å². The van der Waals surface area contributed by atoms with Crippen molar-refractivity contribution in [3.63, 3.8) is 0 Å². The number of likely N-dealkylation sites (N-methyl/N-ethyl adjacent to an activating group) is 1. The Bertz CT molecular complexity index is 483. The molecular formula is C14H17BrF2N2O. The van der Waals surface area contributed by atoms with Crippen LogP contribution in [0, 0.1) is 11.6 Å². The van der Waals surface area contributed by atoms with E-state index in [1.165, 1.54) is 12.8 Å². The number of carbonyl (C=O) groups excluding carboxylic acids is 1. The van der Waals surface area contributed by atoms with Crippen molar-refractivity contribution in [1.29, 1.82) is 0 Å². The Morgan fingerprint density at radius 1 is 1.40 bits per heavy atom. The monoisotopic (exact) mass is 346 g/mol. The lowest BCUT2D eigenvalue weighted by molar-refractivity contribution is 0.0939. The van der Waals surface area contributed by atoms with E-state index in [4.69, 9.17) is 0 Å². The quantitative estimate of drug-likeness (QED) is 0.858. The predicted octanol–water partition coefficient (Wildman–Crippen LogP) is 2.94. The molecule has 0 aliphatic heterocycles. The fourth-order valence-electron chi connectivity index (χ4n) is 2.20. The van der Waals surface area contributed by atoms with Gasteiger partial charge in [0.2, 0.25) is 0 Å². The molecule has 0 bridgehead atoms. The molecule has 1 saturated carbocycles. The molecule has 1 aromatic rings. The topological polar surface area (TPSA) is 32.3 Å². The Balaban J connectivity index is 1.91. The second-order valence-corrected chi connectivity index (χ2v) is 5.78. The number of benzene rings is 1. The minimum Gasteiger partial charge on any atom is -0.351 e. The number of rotatable bonds is 6. The number of halogens is 3. The molecule has 1 aliphatic carbocycles. The highest BCUT2D eigenvalue weighted by atomic mass is 79.9. The van der Waals surface area contributed by atoms with Gasteiger partial charge >= 0.3 is 0 Å². The lowest BCUT2D eigenvalue weighted by atomic mass is 10.2. The lowest BCUT2D eigenvalue weighted by Crippen LogP contribution is -2.36. The van der Waals surface area contributed by atoms with Crippen LogP contribution in [-0.4, -0.2) is 36.5 Å². The molecule has 0 spiro atoms. The molecule has 2 rings (SSSR count). The number of nitrogens with zero attached hydrogens (tertiary/aromatic N) is 1. The summed E-state index contributed by atoms with van der Waals surface area (Å²) >= 11 is 2.98. The van der Waals surface area contributed by atoms with Gasteiger partial charge in [0.05, 0.1) is 0 Å². The van der Waals surface area contributed by atoms with Crippen LogP contribution in [0.4, 0.5) is 8.78 Å². The van der Waals surface area contributed by atoms with Gasteiger partial charge in [-0.1, -0.05) is 22.9 Å². The van der Waals surface area contributed by atoms with Crippen molar-refractivity contribution < 1.29 is 13.6 Å². The molecule has 1 aromatic carbocycles. The molecule has 0 heterocycles. The van der Waals surface area contributed by atoms with Crippen molar-refractivity contribution >= 4 is 21.8 Å². The maximum Gasteiger partial charge on any atom is 0.257 e. The van der Waals surface area contributed by atoms with Gasteiger partial charge in [-0.3, -0.25) is 9.69 Å². The number of hydrogen-bond acceptors (Lipinski definition) is 2. The van der Waals surface area contributed by atoms with E-state index in [0.29, 0.717) is 19.1 Å². The van der Waals surface area contributed by atoms with E-state index in [0.717, 1.165) is 18.7 Å². The largest absolute Gasteiger partial charge is 0.351 e. The van der Waals surface area contributed by atoms with Gasteiger partial charge in [-0.2, -0.15) is 0 Å². The molecular weight excluding hydrogens is 330 g/mol. The van der Waals surface area contributed by atoms with Gasteiger partial charge < -0.3 is 5.32 Å². The average molecular weight is 347 g/mol. The summed E-state index contributed by atoms with van der Waals surface area (Å²) in [6.45, 7) is 4.07. The molecule has 0 radical (unpaired) electrons. The third-order valence-corrected chi connectivity index (χ3v) is 3.85. The summed E-state index contributed by atoms with van der Waals surface area (Å²) in [5.74, 6) is -2.42. The molecule has 1 amide bonds. The summed E-state index contributed by atoms with van der Waals surface area (Å²) in [5, 5.41) is 2.57. The van der Waals surface area contributed by atoms with Crippen LogP contribution in [0.5, 0.6) is 0 Å². The molecule has 0 atom stereocenters. The molecule has 6 heteroatoms. The predicted molar refractivity (Wildman–Crippen MR) is 76.7 cm³/mol. The molecule has 1 aliphatic rings. The van der Waals surface area contributed by atoms with Crippen molar-refractivity contribution in [2.75, 3.05) is 19.6 Å². The first kappa shape index (κ1) is 15.4. The summed E-state index contributed by atoms with van der Waals surface area (Å²) in [6, 6.07) is 2.78. The maximum absolute atomic E-state index is 13.6. The van der Waals surface area contributed by atoms with E-state index < -0.39 is 23.1 Å². The number of carbonyl (C=O) groups is 1. The van der Waals surface area contributed by atoms with Crippen LogP contribution in [0.15, 0.2) is 16.6 Å². The number of nitrogens with one attached hydrogen (secondary N) is 1. The van der Waals surface area contributed by atoms with Crippen molar-refractivity contribution in [2.24, 2.45) is 0 Å². The van der Waals surface area contributed by atoms with E-state index in [-0.39, 0.29) is 4.47 Å². The summed E-state index contributed by atoms with van der Waals surface area (Å²) in [4.78, 5) is 14.1. The van der Waals surface area contributed by atoms with Crippen LogP contribution < -0.4 is 5.32 Å². The van der Waals surface area contributed by atoms with Crippen molar-refractivity contribution in [2.45, 2.75) is 25.8 Å². The highest BCUT2D eigenvalue weighted by Crippen LogP contribution is 2.25. The third-order valence-electron chi connectivity index (χ3n) is 3.39. The molecule has 3 nitrogen and oxygen atoms in total. The minimum atomic E-state index is -0.857. The van der Waals surface area contributed by atoms with Gasteiger partial charge in [0.15, 0.2) is 0 Å². The maximum atomic E-state index is 13.6. The Hall–Kier alpha value is -1.01. The van der Waals surface area contributed by atoms with Gasteiger partial charge in [0, 0.05) is 23.6 Å². The number of amides is 1. The zero-order valence-corrected chi connectivity index (χ0v) is 12.8. The molecule has 0 unspecified atom stereocenters. The first-order valence-corrected chi connectivity index (χ1v) is 7.49. The highest BCUT2D eigenvalue weighted by molar-refractivity contribution is 9.10. The standard InChI is InChI=1S/C14H17BrF2N2O/c1-2-19(10-3-4-10)6-5-18-14(20)13-11(16)7-9(15)8-12(13)17/h7-8,10H,2-6H2,1H3,(H,18,20). The smallest absolute Gasteiger partial charge is 0.257 e. The summed E-state index contributed by atoms with van der Waals surface area (Å²) in [5.41, 5.74) is -0.525. The summed E-state index contributed by atoms with van der Waals surface area (Å²) < 4.78 is 27.5. The summed E-state index contributed by atoms with van der Waals surface area (Å²) in [7, 11) is 0. The Morgan fingerprint density at radius 2 is 2.00 bits per heavy atom. The van der Waals surface area contributed by atoms with Gasteiger partial charge in [-0.05, 0) is 31.5 Å². The fourth-order valence-corrected chi connectivity index (χ4v) is 2.60. The highest BCUT2D eigenvalue weighted by Gasteiger charge is 2.27. The van der Waals surface area contributed by atoms with Crippen molar-refractivity contribution in [3.8, 4) is 0 Å². The second kappa shape index (κ2) is 6.63. The van der Waals surface area contributed by atoms with Crippen LogP contribution in [0.3, 0.4) is 0 Å². The molecule has 1 N–H and O–H groups in total. The zero-order chi connectivity index (χ0) is 14.7. The zero-order valence-electron chi connectivity index (χ0n) is 11.3. The fraction of sp³-hybridized carbons (Fsp3) is 0.500. The van der Waals surface area contributed by atoms with Gasteiger partial charge in [-0.15, -0.1) is 0 Å². The van der Waals surface area contributed by atoms with Crippen molar-refractivity contribution in [1.82, 2.24) is 10.2 Å². The second-order valence-electron chi connectivity index (χ2n) is 4.86. The van der Waals surface area contributed by atoms with Gasteiger partial charge in [-0.25, -0.2) is 8.78 Å². The van der Waals surface area contributed by atoms with Crippen LogP contribution in [0.2, 0.25) is 0 Å². The SMILES string of the molecule is CCN(CCNC(=O)c1c(F)cc(Br)cc1F)C1CC1. The molecule has 1 fully saturated rings. The minimum absolute atomic E-state index is 0.273. The first-order chi connectivity index (χ1) is 9.52. The van der Waals surface area contributed by atoms with E-state index >= 15 is 0 Å². The third kappa shape index (κ3) is 3.76. The Kier molecular flexibility index (Phi) is 5.10. The van der Waals surface area contributed by atoms with Crippen molar-refractivity contribution in [3.05, 3.63) is 33.8 Å². The van der Waals surface area contributed by atoms with E-state index in [9.17, 15) is 13.6 Å². The normalized spacial score (nSPS) is 14.7. The van der Waals surface area contributed by atoms with E-state index in [1.54, 1.807) is 0 Å². The average Bonchev–Trinajstić information content (AvgIpc) is 3.17.